The molecule has 0 aromatic carbocycles. The highest BCUT2D eigenvalue weighted by molar-refractivity contribution is 7.13. The van der Waals surface area contributed by atoms with Crippen LogP contribution in [0.5, 0.6) is 0 Å². The number of furan rings is 1. The third-order valence-corrected chi connectivity index (χ3v) is 2.21. The Morgan fingerprint density at radius 1 is 1.58 bits per heavy atom. The lowest BCUT2D eigenvalue weighted by Crippen LogP contribution is -1.73. The van der Waals surface area contributed by atoms with Crippen molar-refractivity contribution in [1.82, 2.24) is 4.98 Å². The molecule has 0 spiro atoms. The Morgan fingerprint density at radius 3 is 3.08 bits per heavy atom. The van der Waals surface area contributed by atoms with Gasteiger partial charge in [-0.1, -0.05) is 0 Å². The first-order valence-corrected chi connectivity index (χ1v) is 4.17. The highest BCUT2D eigenvalue weighted by Crippen LogP contribution is 2.23. The predicted molar refractivity (Wildman–Crippen MR) is 44.5 cm³/mol. The van der Waals surface area contributed by atoms with Gasteiger partial charge in [-0.3, -0.25) is 0 Å². The molecule has 0 aliphatic rings. The molecule has 0 bridgehead atoms. The topological polar surface area (TPSA) is 49.8 Å². The number of nitriles is 1. The van der Waals surface area contributed by atoms with Crippen molar-refractivity contribution in [2.24, 2.45) is 0 Å². The normalized spacial score (nSPS) is 9.58. The predicted octanol–water partition coefficient (Wildman–Crippen LogP) is 2.27. The second-order valence-electron chi connectivity index (χ2n) is 2.13. The molecule has 0 aliphatic carbocycles. The summed E-state index contributed by atoms with van der Waals surface area (Å²) >= 11 is 1.40. The van der Waals surface area contributed by atoms with E-state index in [0.717, 1.165) is 5.01 Å². The molecule has 0 aliphatic heterocycles. The van der Waals surface area contributed by atoms with Crippen molar-refractivity contribution in [2.45, 2.75) is 0 Å². The zero-order valence-electron chi connectivity index (χ0n) is 6.02. The molecule has 0 saturated heterocycles. The Hall–Kier alpha value is -1.60. The number of nitrogens with zero attached hydrogens (tertiary/aromatic N) is 2. The lowest BCUT2D eigenvalue weighted by molar-refractivity contribution is 0.582. The van der Waals surface area contributed by atoms with Crippen LogP contribution in [0.15, 0.2) is 28.2 Å². The van der Waals surface area contributed by atoms with Gasteiger partial charge in [0.1, 0.15) is 6.07 Å². The molecule has 4 heteroatoms. The van der Waals surface area contributed by atoms with Crippen LogP contribution in [0.25, 0.3) is 10.8 Å². The Kier molecular flexibility index (Phi) is 1.65. The van der Waals surface area contributed by atoms with E-state index in [1.165, 1.54) is 11.3 Å². The number of rotatable bonds is 1. The van der Waals surface area contributed by atoms with Crippen LogP contribution in [0.3, 0.4) is 0 Å². The molecule has 2 aromatic rings. The van der Waals surface area contributed by atoms with Gasteiger partial charge >= 0.3 is 0 Å². The molecule has 12 heavy (non-hydrogen) atoms. The molecule has 2 aromatic heterocycles. The molecule has 58 valence electrons. The van der Waals surface area contributed by atoms with Crippen molar-refractivity contribution in [3.05, 3.63) is 29.5 Å². The van der Waals surface area contributed by atoms with Gasteiger partial charge < -0.3 is 4.42 Å². The smallest absolute Gasteiger partial charge is 0.162 e. The van der Waals surface area contributed by atoms with Gasteiger partial charge in [0.05, 0.1) is 6.26 Å². The SMILES string of the molecule is N#Cc1csc(-c2ccco2)n1. The lowest BCUT2D eigenvalue weighted by atomic mass is 10.5. The Bertz CT molecular complexity index is 410. The first kappa shape index (κ1) is 7.07. The summed E-state index contributed by atoms with van der Waals surface area (Å²) in [6, 6.07) is 5.58. The molecule has 0 unspecified atom stereocenters. The minimum absolute atomic E-state index is 0.436. The molecule has 0 fully saturated rings. The van der Waals surface area contributed by atoms with Gasteiger partial charge in [0.15, 0.2) is 16.5 Å². The summed E-state index contributed by atoms with van der Waals surface area (Å²) in [5.41, 5.74) is 0.436. The fourth-order valence-corrected chi connectivity index (χ4v) is 1.55. The third kappa shape index (κ3) is 1.11. The summed E-state index contributed by atoms with van der Waals surface area (Å²) in [5, 5.41) is 11.0. The summed E-state index contributed by atoms with van der Waals surface area (Å²) in [6.45, 7) is 0. The fourth-order valence-electron chi connectivity index (χ4n) is 0.839. The summed E-state index contributed by atoms with van der Waals surface area (Å²) in [6.07, 6.45) is 1.59. The molecule has 0 atom stereocenters. The van der Waals surface area contributed by atoms with E-state index in [9.17, 15) is 0 Å². The minimum atomic E-state index is 0.436. The van der Waals surface area contributed by atoms with E-state index in [4.69, 9.17) is 9.68 Å². The zero-order chi connectivity index (χ0) is 8.39. The van der Waals surface area contributed by atoms with Gasteiger partial charge in [0.2, 0.25) is 0 Å². The zero-order valence-corrected chi connectivity index (χ0v) is 6.84. The van der Waals surface area contributed by atoms with E-state index < -0.39 is 0 Å². The van der Waals surface area contributed by atoms with Crippen molar-refractivity contribution in [3.63, 3.8) is 0 Å². The van der Waals surface area contributed by atoms with Crippen LogP contribution in [-0.4, -0.2) is 4.98 Å². The molecule has 0 amide bonds. The summed E-state index contributed by atoms with van der Waals surface area (Å²) < 4.78 is 5.12. The standard InChI is InChI=1S/C8H4N2OS/c9-4-6-5-12-8(10-6)7-2-1-3-11-7/h1-3,5H. The largest absolute Gasteiger partial charge is 0.462 e. The Labute approximate surface area is 72.9 Å². The minimum Gasteiger partial charge on any atom is -0.462 e. The van der Waals surface area contributed by atoms with E-state index >= 15 is 0 Å². The van der Waals surface area contributed by atoms with Crippen molar-refractivity contribution in [1.29, 1.82) is 5.26 Å². The first-order chi connectivity index (χ1) is 5.90. The quantitative estimate of drug-likeness (QED) is 0.669. The highest BCUT2D eigenvalue weighted by Gasteiger charge is 2.05. The van der Waals surface area contributed by atoms with E-state index in [1.54, 1.807) is 17.7 Å². The highest BCUT2D eigenvalue weighted by atomic mass is 32.1. The fraction of sp³-hybridized carbons (Fsp3) is 0. The van der Waals surface area contributed by atoms with Crippen LogP contribution in [0.4, 0.5) is 0 Å². The van der Waals surface area contributed by atoms with Crippen LogP contribution >= 0.6 is 11.3 Å². The Morgan fingerprint density at radius 2 is 2.50 bits per heavy atom. The van der Waals surface area contributed by atoms with Crippen LogP contribution in [0.2, 0.25) is 0 Å². The summed E-state index contributed by atoms with van der Waals surface area (Å²) in [5.74, 6) is 0.710. The molecule has 0 saturated carbocycles. The van der Waals surface area contributed by atoms with E-state index in [0.29, 0.717) is 11.5 Å². The maximum Gasteiger partial charge on any atom is 0.162 e. The maximum atomic E-state index is 8.51. The van der Waals surface area contributed by atoms with Gasteiger partial charge in [-0.25, -0.2) is 4.98 Å². The molecule has 2 rings (SSSR count). The Balaban J connectivity index is 2.44. The van der Waals surface area contributed by atoms with Gasteiger partial charge in [-0.2, -0.15) is 5.26 Å². The molecule has 3 nitrogen and oxygen atoms in total. The van der Waals surface area contributed by atoms with Crippen molar-refractivity contribution in [3.8, 4) is 16.8 Å². The average molecular weight is 176 g/mol. The van der Waals surface area contributed by atoms with Gasteiger partial charge in [-0.05, 0) is 12.1 Å². The van der Waals surface area contributed by atoms with Crippen molar-refractivity contribution in [2.75, 3.05) is 0 Å². The number of hydrogen-bond acceptors (Lipinski definition) is 4. The maximum absolute atomic E-state index is 8.51. The van der Waals surface area contributed by atoms with Gasteiger partial charge in [-0.15, -0.1) is 11.3 Å². The van der Waals surface area contributed by atoms with Crippen molar-refractivity contribution < 1.29 is 4.42 Å². The van der Waals surface area contributed by atoms with E-state index in [1.807, 2.05) is 12.1 Å². The van der Waals surface area contributed by atoms with Crippen molar-refractivity contribution >= 4 is 11.3 Å². The summed E-state index contributed by atoms with van der Waals surface area (Å²) in [4.78, 5) is 4.03. The molecule has 0 N–H and O–H groups in total. The number of aromatic nitrogens is 1. The molecular formula is C8H4N2OS. The second kappa shape index (κ2) is 2.80. The molecular weight excluding hydrogens is 172 g/mol. The number of thiazole rings is 1. The van der Waals surface area contributed by atoms with E-state index in [2.05, 4.69) is 4.98 Å². The summed E-state index contributed by atoms with van der Waals surface area (Å²) in [7, 11) is 0. The first-order valence-electron chi connectivity index (χ1n) is 3.29. The van der Waals surface area contributed by atoms with E-state index in [-0.39, 0.29) is 0 Å². The van der Waals surface area contributed by atoms with Crippen LogP contribution in [0, 0.1) is 11.3 Å². The average Bonchev–Trinajstić information content (AvgIpc) is 2.75. The molecule has 2 heterocycles. The third-order valence-electron chi connectivity index (χ3n) is 1.35. The van der Waals surface area contributed by atoms with Crippen LogP contribution in [0.1, 0.15) is 5.69 Å². The number of hydrogen-bond donors (Lipinski definition) is 0. The monoisotopic (exact) mass is 176 g/mol. The molecule has 0 radical (unpaired) electrons. The van der Waals surface area contributed by atoms with Crippen LogP contribution < -0.4 is 0 Å². The van der Waals surface area contributed by atoms with Gasteiger partial charge in [0, 0.05) is 5.38 Å². The lowest BCUT2D eigenvalue weighted by Gasteiger charge is -1.84. The second-order valence-corrected chi connectivity index (χ2v) is 2.99. The van der Waals surface area contributed by atoms with Crippen LogP contribution in [-0.2, 0) is 0 Å². The van der Waals surface area contributed by atoms with Gasteiger partial charge in [0.25, 0.3) is 0 Å².